The Morgan fingerprint density at radius 1 is 0.966 bits per heavy atom. The van der Waals surface area contributed by atoms with Gasteiger partial charge in [-0.05, 0) is 50.4 Å². The number of guanidine groups is 1. The third-order valence-corrected chi connectivity index (χ3v) is 5.74. The van der Waals surface area contributed by atoms with Gasteiger partial charge in [0.25, 0.3) is 0 Å². The summed E-state index contributed by atoms with van der Waals surface area (Å²) < 4.78 is 2.22. The maximum absolute atomic E-state index is 4.75. The maximum Gasteiger partial charge on any atom is 0.191 e. The summed E-state index contributed by atoms with van der Waals surface area (Å²) in [7, 11) is 0. The third-order valence-electron chi connectivity index (χ3n) is 5.74. The van der Waals surface area contributed by atoms with Crippen molar-refractivity contribution in [1.29, 1.82) is 0 Å². The Bertz CT molecular complexity index is 803. The molecule has 0 radical (unpaired) electrons. The highest BCUT2D eigenvalue weighted by molar-refractivity contribution is 5.79. The van der Waals surface area contributed by atoms with Gasteiger partial charge in [0, 0.05) is 26.1 Å². The first kappa shape index (κ1) is 19.9. The Hall–Kier alpha value is -2.41. The van der Waals surface area contributed by atoms with Crippen LogP contribution < -0.4 is 10.6 Å². The number of likely N-dealkylation sites (tertiary alicyclic amines) is 1. The molecule has 0 amide bonds. The molecule has 156 valence electrons. The fourth-order valence-corrected chi connectivity index (χ4v) is 4.14. The summed E-state index contributed by atoms with van der Waals surface area (Å²) in [6.07, 6.45) is 6.26. The zero-order valence-corrected chi connectivity index (χ0v) is 17.5. The highest BCUT2D eigenvalue weighted by Gasteiger charge is 2.17. The van der Waals surface area contributed by atoms with Crippen molar-refractivity contribution in [2.45, 2.75) is 65.2 Å². The van der Waals surface area contributed by atoms with Gasteiger partial charge < -0.3 is 15.2 Å². The van der Waals surface area contributed by atoms with Gasteiger partial charge >= 0.3 is 0 Å². The Balaban J connectivity index is 1.31. The van der Waals surface area contributed by atoms with E-state index in [9.17, 15) is 0 Å². The molecule has 0 unspecified atom stereocenters. The number of hydrogen-bond donors (Lipinski definition) is 2. The fraction of sp³-hybridized carbons (Fsp3) is 0.591. The van der Waals surface area contributed by atoms with Crippen LogP contribution in [0.5, 0.6) is 0 Å². The van der Waals surface area contributed by atoms with Crippen LogP contribution in [0.2, 0.25) is 0 Å². The van der Waals surface area contributed by atoms with Crippen molar-refractivity contribution in [3.8, 4) is 0 Å². The number of piperidine rings is 1. The lowest BCUT2D eigenvalue weighted by atomic mass is 10.1. The summed E-state index contributed by atoms with van der Waals surface area (Å²) in [6.45, 7) is 8.79. The molecule has 1 saturated heterocycles. The number of aromatic nitrogens is 3. The number of benzene rings is 1. The second-order valence-electron chi connectivity index (χ2n) is 7.99. The van der Waals surface area contributed by atoms with Crippen LogP contribution in [0.4, 0.5) is 0 Å². The Labute approximate surface area is 173 Å². The zero-order chi connectivity index (χ0) is 19.9. The van der Waals surface area contributed by atoms with Crippen LogP contribution >= 0.6 is 0 Å². The van der Waals surface area contributed by atoms with Crippen molar-refractivity contribution in [2.24, 2.45) is 4.99 Å². The number of fused-ring (bicyclic) bond motifs is 1. The van der Waals surface area contributed by atoms with E-state index in [-0.39, 0.29) is 0 Å². The molecule has 0 spiro atoms. The van der Waals surface area contributed by atoms with Crippen molar-refractivity contribution < 1.29 is 0 Å². The number of nitrogens with one attached hydrogen (secondary N) is 2. The molecule has 4 rings (SSSR count). The van der Waals surface area contributed by atoms with Crippen molar-refractivity contribution >= 4 is 5.96 Å². The molecule has 2 aliphatic heterocycles. The first-order valence-corrected chi connectivity index (χ1v) is 11.0. The van der Waals surface area contributed by atoms with E-state index in [1.807, 2.05) is 0 Å². The van der Waals surface area contributed by atoms with Gasteiger partial charge in [-0.1, -0.05) is 30.7 Å². The molecule has 2 N–H and O–H groups in total. The molecular weight excluding hydrogens is 362 g/mol. The van der Waals surface area contributed by atoms with Crippen LogP contribution in [0.25, 0.3) is 0 Å². The van der Waals surface area contributed by atoms with E-state index < -0.39 is 0 Å². The monoisotopic (exact) mass is 395 g/mol. The maximum atomic E-state index is 4.75. The van der Waals surface area contributed by atoms with E-state index in [0.717, 1.165) is 43.7 Å². The number of rotatable bonds is 7. The Morgan fingerprint density at radius 2 is 1.76 bits per heavy atom. The summed E-state index contributed by atoms with van der Waals surface area (Å²) >= 11 is 0. The summed E-state index contributed by atoms with van der Waals surface area (Å²) in [4.78, 5) is 7.31. The van der Waals surface area contributed by atoms with Gasteiger partial charge in [-0.3, -0.25) is 4.90 Å². The number of nitrogens with zero attached hydrogens (tertiary/aromatic N) is 5. The van der Waals surface area contributed by atoms with Crippen LogP contribution in [0.3, 0.4) is 0 Å². The summed E-state index contributed by atoms with van der Waals surface area (Å²) in [5, 5.41) is 15.3. The molecule has 3 heterocycles. The molecule has 2 aromatic rings. The standard InChI is InChI=1S/C22H33N7/c1-2-23-22(25-16-21-27-26-20-7-6-14-29(20)21)24-15-18-8-10-19(11-9-18)17-28-12-4-3-5-13-28/h8-11H,2-7,12-17H2,1H3,(H2,23,24,25). The summed E-state index contributed by atoms with van der Waals surface area (Å²) in [6, 6.07) is 8.91. The second-order valence-corrected chi connectivity index (χ2v) is 7.99. The lowest BCUT2D eigenvalue weighted by molar-refractivity contribution is 0.221. The van der Waals surface area contributed by atoms with Crippen LogP contribution in [-0.2, 0) is 32.6 Å². The molecular formula is C22H33N7. The normalized spacial score (nSPS) is 17.3. The molecule has 0 bridgehead atoms. The lowest BCUT2D eigenvalue weighted by Gasteiger charge is -2.26. The van der Waals surface area contributed by atoms with E-state index in [1.165, 1.54) is 49.9 Å². The highest BCUT2D eigenvalue weighted by Crippen LogP contribution is 2.15. The SMILES string of the molecule is CCNC(=NCc1ccc(CN2CCCCC2)cc1)NCc1nnc2n1CCC2. The molecule has 29 heavy (non-hydrogen) atoms. The fourth-order valence-electron chi connectivity index (χ4n) is 4.14. The third kappa shape index (κ3) is 5.35. The number of aryl methyl sites for hydroxylation is 1. The minimum Gasteiger partial charge on any atom is -0.357 e. The van der Waals surface area contributed by atoms with Crippen molar-refractivity contribution in [1.82, 2.24) is 30.3 Å². The summed E-state index contributed by atoms with van der Waals surface area (Å²) in [5.41, 5.74) is 2.62. The minimum atomic E-state index is 0.646. The van der Waals surface area contributed by atoms with E-state index in [0.29, 0.717) is 13.1 Å². The number of hydrogen-bond acceptors (Lipinski definition) is 4. The van der Waals surface area contributed by atoms with Gasteiger partial charge in [-0.25, -0.2) is 4.99 Å². The Kier molecular flexibility index (Phi) is 6.77. The van der Waals surface area contributed by atoms with Gasteiger partial charge in [0.2, 0.25) is 0 Å². The molecule has 7 nitrogen and oxygen atoms in total. The van der Waals surface area contributed by atoms with Crippen molar-refractivity contribution in [3.63, 3.8) is 0 Å². The smallest absolute Gasteiger partial charge is 0.191 e. The van der Waals surface area contributed by atoms with Crippen LogP contribution in [0.15, 0.2) is 29.3 Å². The first-order valence-electron chi connectivity index (χ1n) is 11.0. The van der Waals surface area contributed by atoms with E-state index in [1.54, 1.807) is 0 Å². The molecule has 0 atom stereocenters. The van der Waals surface area contributed by atoms with Gasteiger partial charge in [0.05, 0.1) is 13.1 Å². The van der Waals surface area contributed by atoms with E-state index in [2.05, 4.69) is 61.5 Å². The van der Waals surface area contributed by atoms with Crippen LogP contribution in [-0.4, -0.2) is 45.3 Å². The largest absolute Gasteiger partial charge is 0.357 e. The van der Waals surface area contributed by atoms with Crippen molar-refractivity contribution in [2.75, 3.05) is 19.6 Å². The minimum absolute atomic E-state index is 0.646. The molecule has 0 saturated carbocycles. The van der Waals surface area contributed by atoms with E-state index >= 15 is 0 Å². The molecule has 2 aliphatic rings. The molecule has 1 aromatic carbocycles. The topological polar surface area (TPSA) is 70.4 Å². The number of aliphatic imine (C=N–C) groups is 1. The first-order chi connectivity index (χ1) is 14.3. The zero-order valence-electron chi connectivity index (χ0n) is 17.5. The summed E-state index contributed by atoms with van der Waals surface area (Å²) in [5.74, 6) is 2.92. The van der Waals surface area contributed by atoms with Crippen LogP contribution in [0, 0.1) is 0 Å². The predicted octanol–water partition coefficient (Wildman–Crippen LogP) is 2.47. The van der Waals surface area contributed by atoms with Gasteiger partial charge in [0.1, 0.15) is 5.82 Å². The molecule has 1 aromatic heterocycles. The molecule has 0 aliphatic carbocycles. The lowest BCUT2D eigenvalue weighted by Crippen LogP contribution is -2.37. The quantitative estimate of drug-likeness (QED) is 0.557. The van der Waals surface area contributed by atoms with Crippen molar-refractivity contribution in [3.05, 3.63) is 47.0 Å². The highest BCUT2D eigenvalue weighted by atomic mass is 15.3. The molecule has 1 fully saturated rings. The molecule has 7 heteroatoms. The van der Waals surface area contributed by atoms with Gasteiger partial charge in [-0.15, -0.1) is 10.2 Å². The average molecular weight is 396 g/mol. The van der Waals surface area contributed by atoms with E-state index in [4.69, 9.17) is 4.99 Å². The average Bonchev–Trinajstić information content (AvgIpc) is 3.36. The second kappa shape index (κ2) is 9.87. The Morgan fingerprint density at radius 3 is 2.55 bits per heavy atom. The van der Waals surface area contributed by atoms with Gasteiger partial charge in [0.15, 0.2) is 11.8 Å². The van der Waals surface area contributed by atoms with Gasteiger partial charge in [-0.2, -0.15) is 0 Å². The van der Waals surface area contributed by atoms with Crippen LogP contribution in [0.1, 0.15) is 55.4 Å². The predicted molar refractivity (Wildman–Crippen MR) is 116 cm³/mol.